The number of fused-ring (bicyclic) bond motifs is 1. The third kappa shape index (κ3) is 5.94. The van der Waals surface area contributed by atoms with Crippen LogP contribution in [0.4, 0.5) is 4.39 Å². The van der Waals surface area contributed by atoms with Crippen molar-refractivity contribution in [1.29, 1.82) is 0 Å². The molecule has 1 saturated heterocycles. The minimum absolute atomic E-state index is 0.0622. The Labute approximate surface area is 249 Å². The van der Waals surface area contributed by atoms with Gasteiger partial charge in [0.2, 0.25) is 11.7 Å². The molecule has 0 saturated carbocycles. The Morgan fingerprint density at radius 1 is 1.16 bits per heavy atom. The molecule has 1 N–H and O–H groups in total. The number of imidazole rings is 1. The predicted molar refractivity (Wildman–Crippen MR) is 156 cm³/mol. The van der Waals surface area contributed by atoms with Crippen LogP contribution in [-0.4, -0.2) is 60.4 Å². The summed E-state index contributed by atoms with van der Waals surface area (Å²) < 4.78 is 32.5. The highest BCUT2D eigenvalue weighted by Crippen LogP contribution is 2.27. The van der Waals surface area contributed by atoms with E-state index in [1.807, 2.05) is 12.1 Å². The number of benzene rings is 1. The number of hydrogen-bond donors (Lipinski definition) is 1. The van der Waals surface area contributed by atoms with Gasteiger partial charge < -0.3 is 14.0 Å². The van der Waals surface area contributed by atoms with Crippen molar-refractivity contribution >= 4 is 28.2 Å². The minimum atomic E-state index is -0.634. The molecule has 13 heteroatoms. The summed E-state index contributed by atoms with van der Waals surface area (Å²) in [4.78, 5) is 30.4. The van der Waals surface area contributed by atoms with E-state index in [0.29, 0.717) is 35.2 Å². The number of rotatable bonds is 9. The number of aromatic amines is 1. The molecule has 0 aliphatic carbocycles. The summed E-state index contributed by atoms with van der Waals surface area (Å²) >= 11 is 5.85. The maximum Gasteiger partial charge on any atom is 0.439 e. The van der Waals surface area contributed by atoms with Crippen LogP contribution in [0.2, 0.25) is 5.02 Å². The first-order valence-electron chi connectivity index (χ1n) is 14.0. The summed E-state index contributed by atoms with van der Waals surface area (Å²) in [6.45, 7) is 3.72. The van der Waals surface area contributed by atoms with Crippen molar-refractivity contribution in [2.45, 2.75) is 38.6 Å². The Morgan fingerprint density at radius 3 is 2.81 bits per heavy atom. The lowest BCUT2D eigenvalue weighted by Gasteiger charge is -2.29. The van der Waals surface area contributed by atoms with Crippen LogP contribution in [0.15, 0.2) is 64.1 Å². The van der Waals surface area contributed by atoms with Crippen molar-refractivity contribution in [3.05, 3.63) is 93.2 Å². The molecule has 0 spiro atoms. The third-order valence-corrected chi connectivity index (χ3v) is 7.91. The first-order chi connectivity index (χ1) is 21.0. The van der Waals surface area contributed by atoms with Crippen LogP contribution in [-0.2, 0) is 24.4 Å². The SMILES string of the molecule is O=c1[nH]c(-c2cc3nc(CN4CC=C(c5cccc(OCc6ccc(Cl)cc6F)n5)CC4)n(CC4CCO4)c3cn2)no1. The van der Waals surface area contributed by atoms with Crippen molar-refractivity contribution in [2.75, 3.05) is 19.7 Å². The van der Waals surface area contributed by atoms with Crippen molar-refractivity contribution in [3.63, 3.8) is 0 Å². The number of ether oxygens (including phenoxy) is 2. The summed E-state index contributed by atoms with van der Waals surface area (Å²) in [5, 5.41) is 4.09. The van der Waals surface area contributed by atoms with Gasteiger partial charge >= 0.3 is 5.76 Å². The molecule has 1 fully saturated rings. The molecule has 4 aromatic heterocycles. The van der Waals surface area contributed by atoms with E-state index in [9.17, 15) is 9.18 Å². The van der Waals surface area contributed by atoms with E-state index >= 15 is 0 Å². The fourth-order valence-corrected chi connectivity index (χ4v) is 5.41. The molecule has 2 aliphatic rings. The Bertz CT molecular complexity index is 1880. The van der Waals surface area contributed by atoms with Crippen LogP contribution in [0, 0.1) is 5.82 Å². The van der Waals surface area contributed by atoms with E-state index < -0.39 is 11.6 Å². The second-order valence-electron chi connectivity index (χ2n) is 10.5. The zero-order valence-corrected chi connectivity index (χ0v) is 23.8. The van der Waals surface area contributed by atoms with E-state index in [1.54, 1.807) is 30.5 Å². The lowest BCUT2D eigenvalue weighted by atomic mass is 10.0. The van der Waals surface area contributed by atoms with Gasteiger partial charge in [0.05, 0.1) is 42.1 Å². The average Bonchev–Trinajstić information content (AvgIpc) is 3.57. The van der Waals surface area contributed by atoms with Crippen LogP contribution in [0.25, 0.3) is 28.1 Å². The lowest BCUT2D eigenvalue weighted by molar-refractivity contribution is -0.0591. The minimum Gasteiger partial charge on any atom is -0.473 e. The number of hydrogen-bond acceptors (Lipinski definition) is 9. The molecule has 0 radical (unpaired) electrons. The summed E-state index contributed by atoms with van der Waals surface area (Å²) in [6.07, 6.45) is 5.89. The molecular formula is C30H27ClFN7O4. The fraction of sp³-hybridized carbons (Fsp3) is 0.300. The monoisotopic (exact) mass is 603 g/mol. The molecule has 1 unspecified atom stereocenters. The maximum absolute atomic E-state index is 14.1. The van der Waals surface area contributed by atoms with Crippen LogP contribution >= 0.6 is 11.6 Å². The number of nitrogens with one attached hydrogen (secondary N) is 1. The Balaban J connectivity index is 1.06. The van der Waals surface area contributed by atoms with Crippen molar-refractivity contribution in [2.24, 2.45) is 0 Å². The molecule has 0 amide bonds. The van der Waals surface area contributed by atoms with Crippen molar-refractivity contribution < 1.29 is 18.4 Å². The fourth-order valence-electron chi connectivity index (χ4n) is 5.25. The number of halogens is 2. The molecule has 11 nitrogen and oxygen atoms in total. The smallest absolute Gasteiger partial charge is 0.439 e. The van der Waals surface area contributed by atoms with Gasteiger partial charge in [0, 0.05) is 36.3 Å². The van der Waals surface area contributed by atoms with Crippen LogP contribution in [0.3, 0.4) is 0 Å². The first-order valence-corrected chi connectivity index (χ1v) is 14.3. The molecule has 0 bridgehead atoms. The van der Waals surface area contributed by atoms with E-state index in [1.165, 1.54) is 6.07 Å². The van der Waals surface area contributed by atoms with Gasteiger partial charge in [-0.05, 0) is 42.7 Å². The quantitative estimate of drug-likeness (QED) is 0.257. The second kappa shape index (κ2) is 11.7. The molecule has 43 heavy (non-hydrogen) atoms. The number of aromatic nitrogens is 6. The Hall–Kier alpha value is -4.39. The molecule has 7 rings (SSSR count). The van der Waals surface area contributed by atoms with Crippen LogP contribution in [0.5, 0.6) is 5.88 Å². The molecule has 6 heterocycles. The third-order valence-electron chi connectivity index (χ3n) is 7.68. The Morgan fingerprint density at radius 2 is 2.07 bits per heavy atom. The van der Waals surface area contributed by atoms with E-state index in [2.05, 4.69) is 40.2 Å². The van der Waals surface area contributed by atoms with Crippen LogP contribution < -0.4 is 10.5 Å². The van der Waals surface area contributed by atoms with Crippen molar-refractivity contribution in [1.82, 2.24) is 34.6 Å². The molecule has 220 valence electrons. The number of H-pyrrole nitrogens is 1. The van der Waals surface area contributed by atoms with E-state index in [4.69, 9.17) is 26.1 Å². The highest BCUT2D eigenvalue weighted by Gasteiger charge is 2.24. The largest absolute Gasteiger partial charge is 0.473 e. The van der Waals surface area contributed by atoms with Gasteiger partial charge in [0.25, 0.3) is 0 Å². The summed E-state index contributed by atoms with van der Waals surface area (Å²) in [5.74, 6) is 0.572. The highest BCUT2D eigenvalue weighted by molar-refractivity contribution is 6.30. The topological polar surface area (TPSA) is 124 Å². The average molecular weight is 604 g/mol. The molecule has 2 aliphatic heterocycles. The van der Waals surface area contributed by atoms with Gasteiger partial charge in [-0.2, -0.15) is 0 Å². The molecule has 5 aromatic rings. The zero-order valence-electron chi connectivity index (χ0n) is 23.0. The predicted octanol–water partition coefficient (Wildman–Crippen LogP) is 4.62. The highest BCUT2D eigenvalue weighted by atomic mass is 35.5. The summed E-state index contributed by atoms with van der Waals surface area (Å²) in [5.41, 5.74) is 4.53. The van der Waals surface area contributed by atoms with Gasteiger partial charge in [0.15, 0.2) is 0 Å². The summed E-state index contributed by atoms with van der Waals surface area (Å²) in [6, 6.07) is 12.0. The van der Waals surface area contributed by atoms with Gasteiger partial charge in [-0.1, -0.05) is 35.0 Å². The van der Waals surface area contributed by atoms with Crippen molar-refractivity contribution in [3.8, 4) is 17.4 Å². The van der Waals surface area contributed by atoms with Gasteiger partial charge in [-0.15, -0.1) is 0 Å². The zero-order chi connectivity index (χ0) is 29.3. The molecule has 1 atom stereocenters. The Kier molecular flexibility index (Phi) is 7.47. The van der Waals surface area contributed by atoms with Gasteiger partial charge in [-0.25, -0.2) is 19.2 Å². The standard InChI is InChI=1S/C30H27ClFN7O4/c31-20-5-4-19(22(32)12-20)17-42-28-3-1-2-23(35-28)18-6-9-38(10-7-18)16-27-34-24-13-25(29-36-30(40)43-37-29)33-14-26(24)39(27)15-21-8-11-41-21/h1-6,12-14,21H,7-11,15-17H2,(H,36,37,40). The summed E-state index contributed by atoms with van der Waals surface area (Å²) in [7, 11) is 0. The molecule has 1 aromatic carbocycles. The van der Waals surface area contributed by atoms with Gasteiger partial charge in [-0.3, -0.25) is 19.4 Å². The van der Waals surface area contributed by atoms with E-state index in [-0.39, 0.29) is 18.5 Å². The number of nitrogens with zero attached hydrogens (tertiary/aromatic N) is 6. The number of pyridine rings is 2. The molecular weight excluding hydrogens is 577 g/mol. The van der Waals surface area contributed by atoms with Crippen LogP contribution in [0.1, 0.15) is 29.9 Å². The maximum atomic E-state index is 14.1. The first kappa shape index (κ1) is 27.4. The lowest BCUT2D eigenvalue weighted by Crippen LogP contribution is -2.33. The second-order valence-corrected chi connectivity index (χ2v) is 11.0. The van der Waals surface area contributed by atoms with E-state index in [0.717, 1.165) is 60.7 Å². The normalized spacial score (nSPS) is 17.2. The van der Waals surface area contributed by atoms with Gasteiger partial charge in [0.1, 0.15) is 23.9 Å².